The van der Waals surface area contributed by atoms with E-state index < -0.39 is 11.4 Å². The average Bonchev–Trinajstić information content (AvgIpc) is 2.77. The maximum Gasteiger partial charge on any atom is 0.303 e. The van der Waals surface area contributed by atoms with Crippen LogP contribution in [0.5, 0.6) is 0 Å². The van der Waals surface area contributed by atoms with E-state index in [4.69, 9.17) is 10.4 Å². The molecule has 17 heavy (non-hydrogen) atoms. The molecule has 0 bridgehead atoms. The zero-order valence-electron chi connectivity index (χ0n) is 10.1. The molecule has 0 heterocycles. The highest BCUT2D eigenvalue weighted by Crippen LogP contribution is 2.38. The molecule has 0 atom stereocenters. The Labute approximate surface area is 101 Å². The Bertz CT molecular complexity index is 340. The van der Waals surface area contributed by atoms with Gasteiger partial charge in [0.25, 0.3) is 0 Å². The molecule has 1 amide bonds. The molecule has 5 heteroatoms. The SMILES string of the molecule is CN(CCCC(=O)O)C(=O)C1(C#N)CCCC1. The van der Waals surface area contributed by atoms with Crippen LogP contribution in [-0.4, -0.2) is 35.5 Å². The van der Waals surface area contributed by atoms with Gasteiger partial charge < -0.3 is 10.0 Å². The van der Waals surface area contributed by atoms with Crippen molar-refractivity contribution >= 4 is 11.9 Å². The van der Waals surface area contributed by atoms with Crippen molar-refractivity contribution < 1.29 is 14.7 Å². The van der Waals surface area contributed by atoms with Crippen molar-refractivity contribution in [1.29, 1.82) is 5.26 Å². The van der Waals surface area contributed by atoms with Crippen LogP contribution in [0.3, 0.4) is 0 Å². The molecule has 0 spiro atoms. The van der Waals surface area contributed by atoms with Gasteiger partial charge >= 0.3 is 5.97 Å². The summed E-state index contributed by atoms with van der Waals surface area (Å²) in [5.41, 5.74) is -0.849. The number of carbonyl (C=O) groups excluding carboxylic acids is 1. The summed E-state index contributed by atoms with van der Waals surface area (Å²) in [6.07, 6.45) is 3.58. The zero-order chi connectivity index (χ0) is 12.9. The van der Waals surface area contributed by atoms with Crippen LogP contribution in [0.1, 0.15) is 38.5 Å². The van der Waals surface area contributed by atoms with Crippen molar-refractivity contribution in [2.24, 2.45) is 5.41 Å². The molecule has 94 valence electrons. The quantitative estimate of drug-likeness (QED) is 0.784. The smallest absolute Gasteiger partial charge is 0.303 e. The summed E-state index contributed by atoms with van der Waals surface area (Å²) >= 11 is 0. The van der Waals surface area contributed by atoms with Crippen LogP contribution in [0.15, 0.2) is 0 Å². The number of hydrogen-bond acceptors (Lipinski definition) is 3. The van der Waals surface area contributed by atoms with Gasteiger partial charge in [-0.2, -0.15) is 5.26 Å². The van der Waals surface area contributed by atoms with Crippen LogP contribution in [-0.2, 0) is 9.59 Å². The molecular weight excluding hydrogens is 220 g/mol. The second-order valence-corrected chi connectivity index (χ2v) is 4.63. The fourth-order valence-electron chi connectivity index (χ4n) is 2.29. The van der Waals surface area contributed by atoms with Crippen LogP contribution in [0.4, 0.5) is 0 Å². The summed E-state index contributed by atoms with van der Waals surface area (Å²) in [5.74, 6) is -1.01. The van der Waals surface area contributed by atoms with Crippen molar-refractivity contribution in [3.05, 3.63) is 0 Å². The summed E-state index contributed by atoms with van der Waals surface area (Å²) in [5, 5.41) is 17.7. The Morgan fingerprint density at radius 3 is 2.47 bits per heavy atom. The second-order valence-electron chi connectivity index (χ2n) is 4.63. The maximum atomic E-state index is 12.1. The predicted octanol–water partition coefficient (Wildman–Crippen LogP) is 1.39. The maximum absolute atomic E-state index is 12.1. The largest absolute Gasteiger partial charge is 0.481 e. The van der Waals surface area contributed by atoms with Crippen LogP contribution in [0, 0.1) is 16.7 Å². The number of amides is 1. The van der Waals surface area contributed by atoms with Gasteiger partial charge in [-0.15, -0.1) is 0 Å². The van der Waals surface area contributed by atoms with E-state index in [0.717, 1.165) is 12.8 Å². The Kier molecular flexibility index (Phi) is 4.50. The Morgan fingerprint density at radius 2 is 2.00 bits per heavy atom. The topological polar surface area (TPSA) is 81.4 Å². The zero-order valence-corrected chi connectivity index (χ0v) is 10.1. The van der Waals surface area contributed by atoms with Crippen LogP contribution >= 0.6 is 0 Å². The molecule has 0 aromatic rings. The van der Waals surface area contributed by atoms with E-state index in [1.54, 1.807) is 7.05 Å². The van der Waals surface area contributed by atoms with Gasteiger partial charge in [-0.1, -0.05) is 12.8 Å². The van der Waals surface area contributed by atoms with Gasteiger partial charge in [-0.3, -0.25) is 9.59 Å². The average molecular weight is 238 g/mol. The van der Waals surface area contributed by atoms with Crippen molar-refractivity contribution in [3.63, 3.8) is 0 Å². The van der Waals surface area contributed by atoms with Crippen molar-refractivity contribution in [2.45, 2.75) is 38.5 Å². The lowest BCUT2D eigenvalue weighted by molar-refractivity contribution is -0.140. The molecule has 1 aliphatic rings. The summed E-state index contributed by atoms with van der Waals surface area (Å²) in [6.45, 7) is 0.397. The van der Waals surface area contributed by atoms with Gasteiger partial charge in [0.1, 0.15) is 5.41 Å². The monoisotopic (exact) mass is 238 g/mol. The van der Waals surface area contributed by atoms with Gasteiger partial charge in [0.15, 0.2) is 0 Å². The fraction of sp³-hybridized carbons (Fsp3) is 0.750. The van der Waals surface area contributed by atoms with Gasteiger partial charge in [-0.25, -0.2) is 0 Å². The third-order valence-corrected chi connectivity index (χ3v) is 3.31. The minimum atomic E-state index is -0.860. The molecule has 1 N–H and O–H groups in total. The number of carboxylic acids is 1. The van der Waals surface area contributed by atoms with Gasteiger partial charge in [-0.05, 0) is 19.3 Å². The molecule has 0 aromatic heterocycles. The highest BCUT2D eigenvalue weighted by atomic mass is 16.4. The summed E-state index contributed by atoms with van der Waals surface area (Å²) in [4.78, 5) is 24.0. The summed E-state index contributed by atoms with van der Waals surface area (Å²) < 4.78 is 0. The number of nitriles is 1. The van der Waals surface area contributed by atoms with E-state index in [1.165, 1.54) is 4.90 Å². The number of aliphatic carboxylic acids is 1. The van der Waals surface area contributed by atoms with Crippen LogP contribution < -0.4 is 0 Å². The summed E-state index contributed by atoms with van der Waals surface area (Å²) in [7, 11) is 1.64. The predicted molar refractivity (Wildman–Crippen MR) is 61.0 cm³/mol. The Morgan fingerprint density at radius 1 is 1.41 bits per heavy atom. The number of nitrogens with zero attached hydrogens (tertiary/aromatic N) is 2. The number of carbonyl (C=O) groups is 2. The minimum absolute atomic E-state index is 0.0528. The molecule has 0 saturated heterocycles. The molecule has 0 aliphatic heterocycles. The molecule has 5 nitrogen and oxygen atoms in total. The molecule has 0 radical (unpaired) electrons. The first-order valence-electron chi connectivity index (χ1n) is 5.90. The first-order chi connectivity index (χ1) is 8.02. The van der Waals surface area contributed by atoms with E-state index >= 15 is 0 Å². The Hall–Kier alpha value is -1.57. The summed E-state index contributed by atoms with van der Waals surface area (Å²) in [6, 6.07) is 2.15. The number of hydrogen-bond donors (Lipinski definition) is 1. The highest BCUT2D eigenvalue weighted by Gasteiger charge is 2.42. The lowest BCUT2D eigenvalue weighted by Gasteiger charge is -2.26. The highest BCUT2D eigenvalue weighted by molar-refractivity contribution is 5.85. The third kappa shape index (κ3) is 3.19. The lowest BCUT2D eigenvalue weighted by Crippen LogP contribution is -2.40. The molecule has 1 saturated carbocycles. The van der Waals surface area contributed by atoms with Crippen LogP contribution in [0.2, 0.25) is 0 Å². The van der Waals surface area contributed by atoms with E-state index in [0.29, 0.717) is 25.8 Å². The first kappa shape index (κ1) is 13.5. The fourth-order valence-corrected chi connectivity index (χ4v) is 2.29. The third-order valence-electron chi connectivity index (χ3n) is 3.31. The number of carboxylic acid groups (broad SMARTS) is 1. The first-order valence-corrected chi connectivity index (χ1v) is 5.90. The molecular formula is C12H18N2O3. The molecule has 0 aromatic carbocycles. The van der Waals surface area contributed by atoms with E-state index in [9.17, 15) is 9.59 Å². The van der Waals surface area contributed by atoms with Crippen molar-refractivity contribution in [3.8, 4) is 6.07 Å². The van der Waals surface area contributed by atoms with E-state index in [1.807, 2.05) is 0 Å². The van der Waals surface area contributed by atoms with Gasteiger partial charge in [0, 0.05) is 20.0 Å². The molecule has 0 unspecified atom stereocenters. The van der Waals surface area contributed by atoms with E-state index in [2.05, 4.69) is 6.07 Å². The molecule has 1 fully saturated rings. The number of rotatable bonds is 5. The normalized spacial score (nSPS) is 17.4. The Balaban J connectivity index is 2.51. The lowest BCUT2D eigenvalue weighted by atomic mass is 9.86. The van der Waals surface area contributed by atoms with Gasteiger partial charge in [0.05, 0.1) is 6.07 Å². The van der Waals surface area contributed by atoms with E-state index in [-0.39, 0.29) is 12.3 Å². The second kappa shape index (κ2) is 5.67. The van der Waals surface area contributed by atoms with Crippen molar-refractivity contribution in [1.82, 2.24) is 4.90 Å². The van der Waals surface area contributed by atoms with Crippen LogP contribution in [0.25, 0.3) is 0 Å². The van der Waals surface area contributed by atoms with Crippen molar-refractivity contribution in [2.75, 3.05) is 13.6 Å². The molecule has 1 aliphatic carbocycles. The molecule has 1 rings (SSSR count). The minimum Gasteiger partial charge on any atom is -0.481 e. The standard InChI is InChI=1S/C12H18N2O3/c1-14(8-4-5-10(15)16)11(17)12(9-13)6-2-3-7-12/h2-8H2,1H3,(H,15,16). The van der Waals surface area contributed by atoms with Gasteiger partial charge in [0.2, 0.25) is 5.91 Å².